The molecule has 0 aliphatic rings. The van der Waals surface area contributed by atoms with E-state index in [-0.39, 0.29) is 5.38 Å². The number of hydrogen-bond donors (Lipinski definition) is 0. The number of thiophene rings is 1. The Morgan fingerprint density at radius 2 is 2.20 bits per heavy atom. The molecule has 0 radical (unpaired) electrons. The Bertz CT molecular complexity index is 760. The highest BCUT2D eigenvalue weighted by molar-refractivity contribution is 9.10. The van der Waals surface area contributed by atoms with Crippen molar-refractivity contribution < 1.29 is 0 Å². The predicted octanol–water partition coefficient (Wildman–Crippen LogP) is 5.52. The number of alkyl halides is 1. The Kier molecular flexibility index (Phi) is 3.89. The van der Waals surface area contributed by atoms with Crippen molar-refractivity contribution in [1.29, 1.82) is 0 Å². The van der Waals surface area contributed by atoms with Gasteiger partial charge in [0.05, 0.1) is 23.0 Å². The van der Waals surface area contributed by atoms with Crippen LogP contribution >= 0.6 is 38.9 Å². The fraction of sp³-hybridized carbons (Fsp3) is 0.267. The minimum Gasteiger partial charge on any atom is -0.321 e. The first-order valence-corrected chi connectivity index (χ1v) is 8.50. The van der Waals surface area contributed by atoms with Crippen LogP contribution in [0.5, 0.6) is 0 Å². The summed E-state index contributed by atoms with van der Waals surface area (Å²) in [6.07, 6.45) is 0. The Balaban J connectivity index is 2.16. The molecule has 3 aromatic rings. The molecule has 0 aliphatic heterocycles. The predicted molar refractivity (Wildman–Crippen MR) is 89.9 cm³/mol. The molecule has 0 spiro atoms. The van der Waals surface area contributed by atoms with Crippen LogP contribution < -0.4 is 0 Å². The van der Waals surface area contributed by atoms with Crippen molar-refractivity contribution in [2.45, 2.75) is 25.8 Å². The molecule has 0 saturated carbocycles. The molecule has 0 fully saturated rings. The van der Waals surface area contributed by atoms with Crippen molar-refractivity contribution >= 4 is 49.9 Å². The molecule has 2 heterocycles. The normalized spacial score (nSPS) is 13.0. The van der Waals surface area contributed by atoms with E-state index in [1.807, 2.05) is 19.1 Å². The van der Waals surface area contributed by atoms with E-state index in [1.165, 1.54) is 10.4 Å². The number of fused-ring (bicyclic) bond motifs is 1. The highest BCUT2D eigenvalue weighted by Crippen LogP contribution is 2.29. The zero-order valence-corrected chi connectivity index (χ0v) is 14.4. The van der Waals surface area contributed by atoms with E-state index >= 15 is 0 Å². The second kappa shape index (κ2) is 5.51. The van der Waals surface area contributed by atoms with E-state index in [0.717, 1.165) is 27.9 Å². The van der Waals surface area contributed by atoms with E-state index in [9.17, 15) is 0 Å². The SMILES string of the molecule is Cc1ccsc1Cn1c(C(C)Cl)nc2cc(Br)ccc21. The van der Waals surface area contributed by atoms with Gasteiger partial charge in [-0.25, -0.2) is 4.98 Å². The first-order chi connectivity index (χ1) is 9.56. The lowest BCUT2D eigenvalue weighted by Crippen LogP contribution is -2.05. The number of aryl methyl sites for hydroxylation is 1. The molecule has 0 saturated heterocycles. The fourth-order valence-electron chi connectivity index (χ4n) is 2.30. The monoisotopic (exact) mass is 368 g/mol. The number of rotatable bonds is 3. The summed E-state index contributed by atoms with van der Waals surface area (Å²) in [6, 6.07) is 8.33. The van der Waals surface area contributed by atoms with E-state index in [1.54, 1.807) is 11.3 Å². The van der Waals surface area contributed by atoms with Gasteiger partial charge in [0.25, 0.3) is 0 Å². The average molecular weight is 370 g/mol. The summed E-state index contributed by atoms with van der Waals surface area (Å²) in [5.41, 5.74) is 3.43. The number of imidazole rings is 1. The van der Waals surface area contributed by atoms with Gasteiger partial charge in [-0.2, -0.15) is 0 Å². The van der Waals surface area contributed by atoms with Crippen molar-refractivity contribution in [3.05, 3.63) is 50.4 Å². The summed E-state index contributed by atoms with van der Waals surface area (Å²) in [6.45, 7) is 4.94. The molecule has 2 nitrogen and oxygen atoms in total. The standard InChI is InChI=1S/C15H14BrClN2S/c1-9-5-6-20-14(9)8-19-13-4-3-11(16)7-12(13)18-15(19)10(2)17/h3-7,10H,8H2,1-2H3. The van der Waals surface area contributed by atoms with Gasteiger partial charge < -0.3 is 4.57 Å². The van der Waals surface area contributed by atoms with Gasteiger partial charge in [0, 0.05) is 9.35 Å². The lowest BCUT2D eigenvalue weighted by atomic mass is 10.2. The van der Waals surface area contributed by atoms with Crippen LogP contribution in [0, 0.1) is 6.92 Å². The summed E-state index contributed by atoms with van der Waals surface area (Å²) in [7, 11) is 0. The molecule has 0 N–H and O–H groups in total. The Morgan fingerprint density at radius 3 is 2.85 bits per heavy atom. The lowest BCUT2D eigenvalue weighted by Gasteiger charge is -2.10. The van der Waals surface area contributed by atoms with Crippen molar-refractivity contribution in [2.75, 3.05) is 0 Å². The molecule has 2 aromatic heterocycles. The molecule has 0 bridgehead atoms. The smallest absolute Gasteiger partial charge is 0.128 e. The third-order valence-electron chi connectivity index (χ3n) is 3.37. The number of aromatic nitrogens is 2. The van der Waals surface area contributed by atoms with Crippen LogP contribution in [0.25, 0.3) is 11.0 Å². The molecule has 1 atom stereocenters. The topological polar surface area (TPSA) is 17.8 Å². The van der Waals surface area contributed by atoms with E-state index in [4.69, 9.17) is 11.6 Å². The van der Waals surface area contributed by atoms with E-state index in [2.05, 4.69) is 49.9 Å². The average Bonchev–Trinajstić information content (AvgIpc) is 2.95. The second-order valence-corrected chi connectivity index (χ2v) is 7.40. The Hall–Kier alpha value is -0.840. The van der Waals surface area contributed by atoms with Crippen LogP contribution in [0.1, 0.15) is 28.6 Å². The zero-order chi connectivity index (χ0) is 14.3. The molecular formula is C15H14BrClN2S. The van der Waals surface area contributed by atoms with Gasteiger partial charge in [0.2, 0.25) is 0 Å². The van der Waals surface area contributed by atoms with Crippen LogP contribution in [0.4, 0.5) is 0 Å². The lowest BCUT2D eigenvalue weighted by molar-refractivity contribution is 0.748. The van der Waals surface area contributed by atoms with Crippen molar-refractivity contribution in [2.24, 2.45) is 0 Å². The molecule has 20 heavy (non-hydrogen) atoms. The van der Waals surface area contributed by atoms with Gasteiger partial charge in [-0.1, -0.05) is 15.9 Å². The summed E-state index contributed by atoms with van der Waals surface area (Å²) < 4.78 is 3.26. The van der Waals surface area contributed by atoms with Crippen molar-refractivity contribution in [3.8, 4) is 0 Å². The molecule has 104 valence electrons. The van der Waals surface area contributed by atoms with Crippen molar-refractivity contribution in [3.63, 3.8) is 0 Å². The maximum atomic E-state index is 6.31. The van der Waals surface area contributed by atoms with E-state index in [0.29, 0.717) is 0 Å². The Morgan fingerprint density at radius 1 is 1.40 bits per heavy atom. The van der Waals surface area contributed by atoms with Crippen LogP contribution in [0.2, 0.25) is 0 Å². The molecule has 5 heteroatoms. The van der Waals surface area contributed by atoms with Gasteiger partial charge in [-0.05, 0) is 49.1 Å². The fourth-order valence-corrected chi connectivity index (χ4v) is 3.71. The van der Waals surface area contributed by atoms with Crippen LogP contribution in [0.15, 0.2) is 34.1 Å². The molecule has 3 rings (SSSR count). The highest BCUT2D eigenvalue weighted by atomic mass is 79.9. The summed E-state index contributed by atoms with van der Waals surface area (Å²) >= 11 is 11.6. The number of hydrogen-bond acceptors (Lipinski definition) is 2. The van der Waals surface area contributed by atoms with Crippen LogP contribution in [0.3, 0.4) is 0 Å². The molecule has 0 amide bonds. The summed E-state index contributed by atoms with van der Waals surface area (Å²) in [4.78, 5) is 6.04. The molecule has 0 aliphatic carbocycles. The zero-order valence-electron chi connectivity index (χ0n) is 11.2. The second-order valence-electron chi connectivity index (χ2n) is 4.83. The van der Waals surface area contributed by atoms with Gasteiger partial charge in [-0.15, -0.1) is 22.9 Å². The van der Waals surface area contributed by atoms with Gasteiger partial charge in [0.15, 0.2) is 0 Å². The van der Waals surface area contributed by atoms with Crippen LogP contribution in [-0.2, 0) is 6.54 Å². The van der Waals surface area contributed by atoms with Crippen LogP contribution in [-0.4, -0.2) is 9.55 Å². The van der Waals surface area contributed by atoms with Gasteiger partial charge in [-0.3, -0.25) is 0 Å². The summed E-state index contributed by atoms with van der Waals surface area (Å²) in [5, 5.41) is 2.02. The van der Waals surface area contributed by atoms with Gasteiger partial charge >= 0.3 is 0 Å². The minimum atomic E-state index is -0.110. The largest absolute Gasteiger partial charge is 0.321 e. The Labute approximate surface area is 135 Å². The number of halogens is 2. The molecule has 1 unspecified atom stereocenters. The molecular weight excluding hydrogens is 356 g/mol. The van der Waals surface area contributed by atoms with E-state index < -0.39 is 0 Å². The molecule has 1 aromatic carbocycles. The first kappa shape index (κ1) is 14.1. The number of benzene rings is 1. The minimum absolute atomic E-state index is 0.110. The van der Waals surface area contributed by atoms with Gasteiger partial charge in [0.1, 0.15) is 5.82 Å². The third-order valence-corrected chi connectivity index (χ3v) is 5.06. The maximum absolute atomic E-state index is 6.31. The van der Waals surface area contributed by atoms with Crippen molar-refractivity contribution in [1.82, 2.24) is 9.55 Å². The number of nitrogens with zero attached hydrogens (tertiary/aromatic N) is 2. The quantitative estimate of drug-likeness (QED) is 0.556. The first-order valence-electron chi connectivity index (χ1n) is 6.39. The summed E-state index contributed by atoms with van der Waals surface area (Å²) in [5.74, 6) is 0.924. The maximum Gasteiger partial charge on any atom is 0.128 e. The highest BCUT2D eigenvalue weighted by Gasteiger charge is 2.16. The third kappa shape index (κ3) is 2.52.